The molecule has 0 spiro atoms. The predicted octanol–water partition coefficient (Wildman–Crippen LogP) is 2.07. The number of nitriles is 2. The van der Waals surface area contributed by atoms with Crippen LogP contribution >= 0.6 is 0 Å². The monoisotopic (exact) mass is 430 g/mol. The Morgan fingerprint density at radius 1 is 1.16 bits per heavy atom. The summed E-state index contributed by atoms with van der Waals surface area (Å²) in [5.41, 5.74) is 1.66. The van der Waals surface area contributed by atoms with Crippen LogP contribution in [-0.2, 0) is 9.59 Å². The predicted molar refractivity (Wildman–Crippen MR) is 115 cm³/mol. The van der Waals surface area contributed by atoms with E-state index in [0.29, 0.717) is 35.7 Å². The number of aromatic nitrogens is 3. The summed E-state index contributed by atoms with van der Waals surface area (Å²) >= 11 is 0. The van der Waals surface area contributed by atoms with Crippen LogP contribution in [0.2, 0.25) is 0 Å². The third-order valence-corrected chi connectivity index (χ3v) is 5.57. The Balaban J connectivity index is 1.50. The van der Waals surface area contributed by atoms with Crippen LogP contribution in [0.3, 0.4) is 0 Å². The highest BCUT2D eigenvalue weighted by atomic mass is 16.2. The van der Waals surface area contributed by atoms with Gasteiger partial charge < -0.3 is 15.5 Å². The van der Waals surface area contributed by atoms with Crippen molar-refractivity contribution in [3.63, 3.8) is 0 Å². The van der Waals surface area contributed by atoms with E-state index in [2.05, 4.69) is 31.7 Å². The molecular weight excluding hydrogens is 408 g/mol. The molecule has 0 unspecified atom stereocenters. The molecule has 2 atom stereocenters. The van der Waals surface area contributed by atoms with Crippen molar-refractivity contribution in [1.29, 1.82) is 10.5 Å². The van der Waals surface area contributed by atoms with Crippen molar-refractivity contribution in [2.24, 2.45) is 5.92 Å². The number of carbonyl (C=O) groups excluding carboxylic acids is 2. The van der Waals surface area contributed by atoms with Crippen LogP contribution in [0.5, 0.6) is 0 Å². The first-order valence-corrected chi connectivity index (χ1v) is 10.5. The summed E-state index contributed by atoms with van der Waals surface area (Å²) in [5, 5.41) is 24.5. The van der Waals surface area contributed by atoms with Crippen LogP contribution in [-0.4, -0.2) is 50.3 Å². The van der Waals surface area contributed by atoms with Crippen LogP contribution < -0.4 is 10.6 Å². The van der Waals surface area contributed by atoms with E-state index in [1.54, 1.807) is 17.9 Å². The SMILES string of the molecule is C[C@H](Nc1cc(-c2cnc(NC(=O)C3CC3)cn2)cnc1C#N)C(=O)N1CCC[C@@H]1C#N. The van der Waals surface area contributed by atoms with Crippen molar-refractivity contribution in [1.82, 2.24) is 19.9 Å². The van der Waals surface area contributed by atoms with E-state index in [1.807, 2.05) is 6.07 Å². The molecule has 2 aliphatic rings. The lowest BCUT2D eigenvalue weighted by Crippen LogP contribution is -2.43. The lowest BCUT2D eigenvalue weighted by molar-refractivity contribution is -0.131. The van der Waals surface area contributed by atoms with Gasteiger partial charge in [0, 0.05) is 24.2 Å². The van der Waals surface area contributed by atoms with Gasteiger partial charge in [-0.25, -0.2) is 9.97 Å². The maximum absolute atomic E-state index is 12.8. The molecular formula is C22H22N8O2. The second kappa shape index (κ2) is 8.98. The number of likely N-dealkylation sites (tertiary alicyclic amines) is 1. The molecule has 0 bridgehead atoms. The van der Waals surface area contributed by atoms with Gasteiger partial charge in [0.05, 0.1) is 29.8 Å². The fraction of sp³-hybridized carbons (Fsp3) is 0.409. The lowest BCUT2D eigenvalue weighted by atomic mass is 10.1. The van der Waals surface area contributed by atoms with Crippen LogP contribution in [0.15, 0.2) is 24.7 Å². The molecule has 32 heavy (non-hydrogen) atoms. The van der Waals surface area contributed by atoms with Gasteiger partial charge in [-0.1, -0.05) is 0 Å². The van der Waals surface area contributed by atoms with E-state index < -0.39 is 12.1 Å². The summed E-state index contributed by atoms with van der Waals surface area (Å²) in [5.74, 6) is 0.205. The Kier molecular flexibility index (Phi) is 5.95. The second-order valence-electron chi connectivity index (χ2n) is 7.97. The molecule has 1 aliphatic carbocycles. The average molecular weight is 430 g/mol. The van der Waals surface area contributed by atoms with Crippen molar-refractivity contribution in [2.75, 3.05) is 17.2 Å². The number of amides is 2. The third-order valence-electron chi connectivity index (χ3n) is 5.57. The van der Waals surface area contributed by atoms with Gasteiger partial charge in [0.2, 0.25) is 11.8 Å². The lowest BCUT2D eigenvalue weighted by Gasteiger charge is -2.24. The number of nitrogens with zero attached hydrogens (tertiary/aromatic N) is 6. The maximum Gasteiger partial charge on any atom is 0.245 e. The summed E-state index contributed by atoms with van der Waals surface area (Å²) < 4.78 is 0. The summed E-state index contributed by atoms with van der Waals surface area (Å²) in [6.07, 6.45) is 7.78. The molecule has 3 heterocycles. The Morgan fingerprint density at radius 2 is 1.97 bits per heavy atom. The van der Waals surface area contributed by atoms with Crippen molar-refractivity contribution >= 4 is 23.3 Å². The quantitative estimate of drug-likeness (QED) is 0.708. The van der Waals surface area contributed by atoms with Gasteiger partial charge in [-0.2, -0.15) is 10.5 Å². The van der Waals surface area contributed by atoms with Gasteiger partial charge in [0.1, 0.15) is 18.2 Å². The Labute approximate surface area is 185 Å². The first-order chi connectivity index (χ1) is 15.5. The number of carbonyl (C=O) groups is 2. The molecule has 2 N–H and O–H groups in total. The molecule has 0 radical (unpaired) electrons. The Bertz CT molecular complexity index is 1110. The molecule has 2 fully saturated rings. The smallest absolute Gasteiger partial charge is 0.245 e. The minimum absolute atomic E-state index is 0.0473. The van der Waals surface area contributed by atoms with Crippen molar-refractivity contribution in [3.05, 3.63) is 30.4 Å². The molecule has 162 valence electrons. The number of hydrogen-bond acceptors (Lipinski definition) is 8. The Morgan fingerprint density at radius 3 is 2.62 bits per heavy atom. The second-order valence-corrected chi connectivity index (χ2v) is 7.97. The molecule has 4 rings (SSSR count). The highest BCUT2D eigenvalue weighted by Gasteiger charge is 2.32. The van der Waals surface area contributed by atoms with Crippen LogP contribution in [0.25, 0.3) is 11.3 Å². The van der Waals surface area contributed by atoms with Gasteiger partial charge in [0.25, 0.3) is 0 Å². The number of hydrogen-bond donors (Lipinski definition) is 2. The van der Waals surface area contributed by atoms with E-state index in [0.717, 1.165) is 19.3 Å². The maximum atomic E-state index is 12.8. The molecule has 2 amide bonds. The average Bonchev–Trinajstić information content (AvgIpc) is 3.56. The van der Waals surface area contributed by atoms with Gasteiger partial charge in [-0.15, -0.1) is 0 Å². The van der Waals surface area contributed by atoms with Gasteiger partial charge >= 0.3 is 0 Å². The van der Waals surface area contributed by atoms with E-state index in [9.17, 15) is 20.1 Å². The van der Waals surface area contributed by atoms with Crippen molar-refractivity contribution in [2.45, 2.75) is 44.7 Å². The normalized spacial score (nSPS) is 18.3. The fourth-order valence-electron chi connectivity index (χ4n) is 3.63. The molecule has 1 saturated heterocycles. The topological polar surface area (TPSA) is 148 Å². The minimum Gasteiger partial charge on any atom is -0.372 e. The van der Waals surface area contributed by atoms with E-state index in [-0.39, 0.29) is 23.4 Å². The standard InChI is InChI=1S/C22H22N8O2/c1-13(22(32)30-6-2-3-16(30)8-23)28-17-7-15(10-25-18(17)9-24)19-11-27-20(12-26-19)29-21(31)14-4-5-14/h7,10-14,16,28H,2-6H2,1H3,(H,27,29,31)/t13-,16+/m0/s1. The van der Waals surface area contributed by atoms with Crippen LogP contribution in [0, 0.1) is 28.6 Å². The van der Waals surface area contributed by atoms with Gasteiger partial charge in [-0.3, -0.25) is 14.6 Å². The number of anilines is 2. The van der Waals surface area contributed by atoms with Gasteiger partial charge in [0.15, 0.2) is 11.5 Å². The van der Waals surface area contributed by atoms with Crippen molar-refractivity contribution < 1.29 is 9.59 Å². The van der Waals surface area contributed by atoms with E-state index >= 15 is 0 Å². The minimum atomic E-state index is -0.640. The summed E-state index contributed by atoms with van der Waals surface area (Å²) in [7, 11) is 0. The largest absolute Gasteiger partial charge is 0.372 e. The molecule has 1 aliphatic heterocycles. The third kappa shape index (κ3) is 4.49. The zero-order valence-electron chi connectivity index (χ0n) is 17.6. The summed E-state index contributed by atoms with van der Waals surface area (Å²) in [4.78, 5) is 39.0. The summed E-state index contributed by atoms with van der Waals surface area (Å²) in [6.45, 7) is 2.24. The first kappa shape index (κ1) is 21.2. The molecule has 2 aromatic rings. The van der Waals surface area contributed by atoms with Gasteiger partial charge in [-0.05, 0) is 38.7 Å². The molecule has 1 saturated carbocycles. The number of nitrogens with one attached hydrogen (secondary N) is 2. The molecule has 2 aromatic heterocycles. The number of rotatable bonds is 6. The molecule has 0 aromatic carbocycles. The highest BCUT2D eigenvalue weighted by Crippen LogP contribution is 2.30. The Hall–Kier alpha value is -4.05. The number of pyridine rings is 1. The van der Waals surface area contributed by atoms with E-state index in [4.69, 9.17) is 0 Å². The summed E-state index contributed by atoms with van der Waals surface area (Å²) in [6, 6.07) is 4.82. The molecule has 10 heteroatoms. The highest BCUT2D eigenvalue weighted by molar-refractivity contribution is 5.93. The fourth-order valence-corrected chi connectivity index (χ4v) is 3.63. The molecule has 10 nitrogen and oxygen atoms in total. The zero-order chi connectivity index (χ0) is 22.7. The van der Waals surface area contributed by atoms with Crippen LogP contribution in [0.1, 0.15) is 38.3 Å². The van der Waals surface area contributed by atoms with E-state index in [1.165, 1.54) is 18.6 Å². The van der Waals surface area contributed by atoms with Crippen molar-refractivity contribution in [3.8, 4) is 23.4 Å². The van der Waals surface area contributed by atoms with Crippen LogP contribution in [0.4, 0.5) is 11.5 Å². The first-order valence-electron chi connectivity index (χ1n) is 10.5. The zero-order valence-corrected chi connectivity index (χ0v) is 17.6.